The van der Waals surface area contributed by atoms with Crippen LogP contribution in [-0.2, 0) is 4.79 Å². The van der Waals surface area contributed by atoms with Gasteiger partial charge in [-0.1, -0.05) is 12.1 Å². The first-order chi connectivity index (χ1) is 7.91. The quantitative estimate of drug-likeness (QED) is 0.710. The van der Waals surface area contributed by atoms with Gasteiger partial charge in [-0.2, -0.15) is 0 Å². The number of aliphatic carboxylic acids is 1. The van der Waals surface area contributed by atoms with Gasteiger partial charge in [0, 0.05) is 0 Å². The molecule has 1 rings (SSSR count). The molecule has 0 saturated carbocycles. The molecule has 0 radical (unpaired) electrons. The van der Waals surface area contributed by atoms with Crippen molar-refractivity contribution < 1.29 is 19.7 Å². The Morgan fingerprint density at radius 2 is 2.06 bits per heavy atom. The Hall–Kier alpha value is -1.59. The van der Waals surface area contributed by atoms with E-state index in [-0.39, 0.29) is 6.10 Å². The van der Waals surface area contributed by atoms with Gasteiger partial charge in [-0.25, -0.2) is 0 Å². The average Bonchev–Trinajstić information content (AvgIpc) is 2.26. The summed E-state index contributed by atoms with van der Waals surface area (Å²) in [4.78, 5) is 10.7. The van der Waals surface area contributed by atoms with Crippen LogP contribution in [0.5, 0.6) is 5.75 Å². The molecule has 2 atom stereocenters. The first-order valence-corrected chi connectivity index (χ1v) is 5.35. The summed E-state index contributed by atoms with van der Waals surface area (Å²) < 4.78 is 5.45. The second-order valence-electron chi connectivity index (χ2n) is 4.05. The maximum Gasteiger partial charge on any atom is 0.323 e. The van der Waals surface area contributed by atoms with E-state index in [4.69, 9.17) is 15.6 Å². The van der Waals surface area contributed by atoms with E-state index in [2.05, 4.69) is 0 Å². The van der Waals surface area contributed by atoms with Gasteiger partial charge in [0.15, 0.2) is 0 Å². The Bertz CT molecular complexity index is 392. The van der Waals surface area contributed by atoms with Crippen LogP contribution in [0.15, 0.2) is 24.3 Å². The lowest BCUT2D eigenvalue weighted by molar-refractivity contribution is -0.141. The minimum atomic E-state index is -1.34. The SMILES string of the molecule is CC(C)Oc1cccc(C(O)C(N)C(=O)O)c1. The third-order valence-corrected chi connectivity index (χ3v) is 2.20. The van der Waals surface area contributed by atoms with E-state index in [1.165, 1.54) is 0 Å². The van der Waals surface area contributed by atoms with E-state index >= 15 is 0 Å². The fraction of sp³-hybridized carbons (Fsp3) is 0.417. The van der Waals surface area contributed by atoms with Crippen molar-refractivity contribution in [2.45, 2.75) is 32.1 Å². The standard InChI is InChI=1S/C12H17NO4/c1-7(2)17-9-5-3-4-8(6-9)11(14)10(13)12(15)16/h3-7,10-11,14H,13H2,1-2H3,(H,15,16). The molecular formula is C12H17NO4. The molecule has 1 aromatic carbocycles. The van der Waals surface area contributed by atoms with Crippen LogP contribution in [0.4, 0.5) is 0 Å². The Morgan fingerprint density at radius 3 is 2.59 bits per heavy atom. The summed E-state index contributed by atoms with van der Waals surface area (Å²) in [5.41, 5.74) is 5.78. The predicted molar refractivity (Wildman–Crippen MR) is 62.8 cm³/mol. The van der Waals surface area contributed by atoms with Crippen molar-refractivity contribution in [1.82, 2.24) is 0 Å². The molecule has 5 nitrogen and oxygen atoms in total. The maximum absolute atomic E-state index is 10.7. The Balaban J connectivity index is 2.87. The monoisotopic (exact) mass is 239 g/mol. The number of hydrogen-bond donors (Lipinski definition) is 3. The van der Waals surface area contributed by atoms with Crippen LogP contribution < -0.4 is 10.5 Å². The first kappa shape index (κ1) is 13.5. The van der Waals surface area contributed by atoms with Crippen molar-refractivity contribution in [3.63, 3.8) is 0 Å². The van der Waals surface area contributed by atoms with E-state index in [1.807, 2.05) is 13.8 Å². The second kappa shape index (κ2) is 5.65. The molecule has 0 aliphatic carbocycles. The van der Waals surface area contributed by atoms with Crippen LogP contribution in [0.1, 0.15) is 25.5 Å². The number of aliphatic hydroxyl groups excluding tert-OH is 1. The highest BCUT2D eigenvalue weighted by molar-refractivity contribution is 5.74. The van der Waals surface area contributed by atoms with Gasteiger partial charge in [0.2, 0.25) is 0 Å². The van der Waals surface area contributed by atoms with Crippen molar-refractivity contribution in [1.29, 1.82) is 0 Å². The molecule has 0 aromatic heterocycles. The summed E-state index contributed by atoms with van der Waals surface area (Å²) in [5.74, 6) is -0.665. The van der Waals surface area contributed by atoms with Gasteiger partial charge in [-0.15, -0.1) is 0 Å². The molecule has 0 spiro atoms. The summed E-state index contributed by atoms with van der Waals surface area (Å²) in [6, 6.07) is 5.28. The largest absolute Gasteiger partial charge is 0.491 e. The molecule has 1 aromatic rings. The average molecular weight is 239 g/mol. The molecule has 0 amide bonds. The zero-order chi connectivity index (χ0) is 13.0. The Kier molecular flexibility index (Phi) is 4.48. The van der Waals surface area contributed by atoms with Gasteiger partial charge in [-0.3, -0.25) is 4.79 Å². The summed E-state index contributed by atoms with van der Waals surface area (Å²) in [6.45, 7) is 3.76. The molecule has 17 heavy (non-hydrogen) atoms. The summed E-state index contributed by atoms with van der Waals surface area (Å²) >= 11 is 0. The molecule has 0 heterocycles. The molecule has 0 aliphatic heterocycles. The fourth-order valence-electron chi connectivity index (χ4n) is 1.39. The van der Waals surface area contributed by atoms with Crippen LogP contribution in [0, 0.1) is 0 Å². The summed E-state index contributed by atoms with van der Waals surface area (Å²) in [7, 11) is 0. The molecule has 0 aliphatic rings. The molecule has 94 valence electrons. The number of carboxylic acid groups (broad SMARTS) is 1. The van der Waals surface area contributed by atoms with Crippen LogP contribution in [-0.4, -0.2) is 28.3 Å². The lowest BCUT2D eigenvalue weighted by atomic mass is 10.0. The highest BCUT2D eigenvalue weighted by Gasteiger charge is 2.23. The van der Waals surface area contributed by atoms with Gasteiger partial charge < -0.3 is 20.7 Å². The number of benzene rings is 1. The highest BCUT2D eigenvalue weighted by Crippen LogP contribution is 2.21. The normalized spacial score (nSPS) is 14.4. The molecule has 0 bridgehead atoms. The van der Waals surface area contributed by atoms with Gasteiger partial charge in [0.05, 0.1) is 6.10 Å². The number of nitrogens with two attached hydrogens (primary N) is 1. The van der Waals surface area contributed by atoms with Crippen molar-refractivity contribution in [2.24, 2.45) is 5.73 Å². The van der Waals surface area contributed by atoms with Gasteiger partial charge in [-0.05, 0) is 31.5 Å². The van der Waals surface area contributed by atoms with Gasteiger partial charge >= 0.3 is 5.97 Å². The van der Waals surface area contributed by atoms with E-state index in [1.54, 1.807) is 24.3 Å². The molecule has 2 unspecified atom stereocenters. The van der Waals surface area contributed by atoms with Gasteiger partial charge in [0.25, 0.3) is 0 Å². The summed E-state index contributed by atoms with van der Waals surface area (Å²) in [6.07, 6.45) is -1.24. The number of hydrogen-bond acceptors (Lipinski definition) is 4. The molecular weight excluding hydrogens is 222 g/mol. The minimum Gasteiger partial charge on any atom is -0.491 e. The van der Waals surface area contributed by atoms with Crippen LogP contribution in [0.25, 0.3) is 0 Å². The Morgan fingerprint density at radius 1 is 1.41 bits per heavy atom. The zero-order valence-electron chi connectivity index (χ0n) is 9.83. The van der Waals surface area contributed by atoms with E-state index < -0.39 is 18.1 Å². The zero-order valence-corrected chi connectivity index (χ0v) is 9.83. The van der Waals surface area contributed by atoms with E-state index in [9.17, 15) is 9.90 Å². The number of carboxylic acids is 1. The fourth-order valence-corrected chi connectivity index (χ4v) is 1.39. The van der Waals surface area contributed by atoms with Crippen LogP contribution in [0.2, 0.25) is 0 Å². The van der Waals surface area contributed by atoms with Gasteiger partial charge in [0.1, 0.15) is 17.9 Å². The highest BCUT2D eigenvalue weighted by atomic mass is 16.5. The van der Waals surface area contributed by atoms with Crippen LogP contribution in [0.3, 0.4) is 0 Å². The van der Waals surface area contributed by atoms with Crippen LogP contribution >= 0.6 is 0 Å². The lowest BCUT2D eigenvalue weighted by Gasteiger charge is -2.17. The number of carbonyl (C=O) groups is 1. The van der Waals surface area contributed by atoms with E-state index in [0.29, 0.717) is 11.3 Å². The van der Waals surface area contributed by atoms with Crippen molar-refractivity contribution >= 4 is 5.97 Å². The van der Waals surface area contributed by atoms with Crippen molar-refractivity contribution in [2.75, 3.05) is 0 Å². The molecule has 4 N–H and O–H groups in total. The van der Waals surface area contributed by atoms with Crippen molar-refractivity contribution in [3.8, 4) is 5.75 Å². The number of rotatable bonds is 5. The molecule has 0 saturated heterocycles. The maximum atomic E-state index is 10.7. The topological polar surface area (TPSA) is 92.8 Å². The number of aliphatic hydroxyl groups is 1. The smallest absolute Gasteiger partial charge is 0.323 e. The minimum absolute atomic E-state index is 0.00976. The molecule has 0 fully saturated rings. The lowest BCUT2D eigenvalue weighted by Crippen LogP contribution is -2.36. The number of ether oxygens (including phenoxy) is 1. The van der Waals surface area contributed by atoms with E-state index in [0.717, 1.165) is 0 Å². The third kappa shape index (κ3) is 3.72. The predicted octanol–water partition coefficient (Wildman–Crippen LogP) is 0.919. The van der Waals surface area contributed by atoms with Crippen molar-refractivity contribution in [3.05, 3.63) is 29.8 Å². The third-order valence-electron chi connectivity index (χ3n) is 2.20. The molecule has 5 heteroatoms. The summed E-state index contributed by atoms with van der Waals surface area (Å²) in [5, 5.41) is 18.5. The Labute approximate surface area is 99.8 Å². The first-order valence-electron chi connectivity index (χ1n) is 5.35. The second-order valence-corrected chi connectivity index (χ2v) is 4.05.